The van der Waals surface area contributed by atoms with E-state index in [1.165, 1.54) is 19.2 Å². The molecular formula is C23H21BrFN5O3. The van der Waals surface area contributed by atoms with Crippen LogP contribution in [0.1, 0.15) is 37.3 Å². The van der Waals surface area contributed by atoms with Crippen molar-refractivity contribution < 1.29 is 19.0 Å². The van der Waals surface area contributed by atoms with Crippen LogP contribution in [0.3, 0.4) is 0 Å². The molecule has 4 aromatic rings. The molecule has 8 nitrogen and oxygen atoms in total. The van der Waals surface area contributed by atoms with Crippen LogP contribution < -0.4 is 5.73 Å². The number of benzene rings is 1. The molecule has 3 aromatic heterocycles. The number of carboxylic acid groups (broad SMARTS) is 1. The van der Waals surface area contributed by atoms with E-state index >= 15 is 0 Å². The third-order valence-corrected chi connectivity index (χ3v) is 7.38. The van der Waals surface area contributed by atoms with E-state index in [0.29, 0.717) is 52.5 Å². The van der Waals surface area contributed by atoms with Gasteiger partial charge < -0.3 is 15.6 Å². The predicted molar refractivity (Wildman–Crippen MR) is 124 cm³/mol. The number of pyridine rings is 1. The maximum absolute atomic E-state index is 13.7. The number of nitrogens with zero attached hydrogens (tertiary/aromatic N) is 4. The van der Waals surface area contributed by atoms with Crippen molar-refractivity contribution in [2.45, 2.75) is 37.2 Å². The van der Waals surface area contributed by atoms with E-state index in [1.54, 1.807) is 23.0 Å². The smallest absolute Gasteiger partial charge is 0.335 e. The van der Waals surface area contributed by atoms with E-state index in [2.05, 4.69) is 26.0 Å². The molecule has 170 valence electrons. The Morgan fingerprint density at radius 3 is 2.76 bits per heavy atom. The first kappa shape index (κ1) is 21.7. The van der Waals surface area contributed by atoms with E-state index in [0.717, 1.165) is 16.8 Å². The summed E-state index contributed by atoms with van der Waals surface area (Å²) in [4.78, 5) is 21.0. The highest BCUT2D eigenvalue weighted by Crippen LogP contribution is 2.43. The Labute approximate surface area is 196 Å². The van der Waals surface area contributed by atoms with Gasteiger partial charge in [0.25, 0.3) is 0 Å². The number of rotatable bonds is 4. The highest BCUT2D eigenvalue weighted by atomic mass is 79.9. The van der Waals surface area contributed by atoms with Crippen molar-refractivity contribution in [1.82, 2.24) is 19.6 Å². The van der Waals surface area contributed by atoms with Crippen LogP contribution in [0.4, 0.5) is 10.2 Å². The minimum atomic E-state index is -1.16. The molecule has 5 rings (SSSR count). The molecule has 1 aromatic carbocycles. The van der Waals surface area contributed by atoms with Crippen LogP contribution in [-0.4, -0.2) is 43.4 Å². The number of aliphatic carboxylic acids is 1. The fourth-order valence-electron chi connectivity index (χ4n) is 4.60. The highest BCUT2D eigenvalue weighted by molar-refractivity contribution is 9.10. The monoisotopic (exact) mass is 513 g/mol. The second-order valence-corrected chi connectivity index (χ2v) is 9.12. The fraction of sp³-hybridized carbons (Fsp3) is 0.304. The molecule has 0 radical (unpaired) electrons. The summed E-state index contributed by atoms with van der Waals surface area (Å²) in [6, 6.07) is 6.30. The second-order valence-electron chi connectivity index (χ2n) is 8.33. The summed E-state index contributed by atoms with van der Waals surface area (Å²) < 4.78 is 21.3. The summed E-state index contributed by atoms with van der Waals surface area (Å²) in [5.41, 5.74) is 8.71. The third-order valence-electron chi connectivity index (χ3n) is 6.56. The largest absolute Gasteiger partial charge is 0.479 e. The molecule has 0 amide bonds. The van der Waals surface area contributed by atoms with Crippen LogP contribution in [0.5, 0.6) is 0 Å². The first-order chi connectivity index (χ1) is 15.8. The molecule has 1 aliphatic carbocycles. The molecular weight excluding hydrogens is 493 g/mol. The Morgan fingerprint density at radius 2 is 2.06 bits per heavy atom. The Balaban J connectivity index is 1.57. The molecule has 1 aliphatic rings. The molecule has 0 spiro atoms. The van der Waals surface area contributed by atoms with Gasteiger partial charge in [0.2, 0.25) is 0 Å². The summed E-state index contributed by atoms with van der Waals surface area (Å²) in [5, 5.41) is 14.7. The van der Waals surface area contributed by atoms with E-state index in [9.17, 15) is 14.3 Å². The van der Waals surface area contributed by atoms with Crippen molar-refractivity contribution in [2.24, 2.45) is 0 Å². The van der Waals surface area contributed by atoms with Crippen LogP contribution in [0.2, 0.25) is 0 Å². The molecule has 10 heteroatoms. The number of nitrogens with two attached hydrogens (primary N) is 1. The molecule has 0 atom stereocenters. The van der Waals surface area contributed by atoms with Crippen LogP contribution in [0.25, 0.3) is 27.7 Å². The van der Waals surface area contributed by atoms with Gasteiger partial charge in [-0.05, 0) is 65.9 Å². The minimum Gasteiger partial charge on any atom is -0.479 e. The highest BCUT2D eigenvalue weighted by Gasteiger charge is 2.43. The number of methoxy groups -OCH3 is 1. The van der Waals surface area contributed by atoms with Gasteiger partial charge in [-0.25, -0.2) is 14.2 Å². The maximum Gasteiger partial charge on any atom is 0.335 e. The van der Waals surface area contributed by atoms with Gasteiger partial charge >= 0.3 is 5.97 Å². The minimum absolute atomic E-state index is 0.0147. The molecule has 0 saturated heterocycles. The van der Waals surface area contributed by atoms with Gasteiger partial charge in [-0.15, -0.1) is 0 Å². The number of ether oxygens (including phenoxy) is 1. The lowest BCUT2D eigenvalue weighted by Crippen LogP contribution is -2.43. The zero-order valence-corrected chi connectivity index (χ0v) is 19.3. The van der Waals surface area contributed by atoms with Crippen molar-refractivity contribution in [3.05, 3.63) is 52.6 Å². The van der Waals surface area contributed by atoms with Crippen LogP contribution in [0.15, 0.2) is 41.1 Å². The first-order valence-corrected chi connectivity index (χ1v) is 11.3. The van der Waals surface area contributed by atoms with Gasteiger partial charge in [0, 0.05) is 35.7 Å². The number of carbonyl (C=O) groups is 1. The van der Waals surface area contributed by atoms with Crippen molar-refractivity contribution in [2.75, 3.05) is 12.8 Å². The zero-order valence-electron chi connectivity index (χ0n) is 17.8. The van der Waals surface area contributed by atoms with E-state index < -0.39 is 11.6 Å². The lowest BCUT2D eigenvalue weighted by Gasteiger charge is -2.35. The van der Waals surface area contributed by atoms with E-state index in [4.69, 9.17) is 15.5 Å². The Bertz CT molecular complexity index is 1400. The van der Waals surface area contributed by atoms with Gasteiger partial charge in [-0.3, -0.25) is 4.98 Å². The Kier molecular flexibility index (Phi) is 5.29. The molecule has 33 heavy (non-hydrogen) atoms. The summed E-state index contributed by atoms with van der Waals surface area (Å²) in [6.45, 7) is 0. The number of fused-ring (bicyclic) bond motifs is 2. The van der Waals surface area contributed by atoms with Crippen LogP contribution in [-0.2, 0) is 9.53 Å². The van der Waals surface area contributed by atoms with Gasteiger partial charge in [0.15, 0.2) is 11.2 Å². The summed E-state index contributed by atoms with van der Waals surface area (Å²) in [7, 11) is 1.44. The van der Waals surface area contributed by atoms with Crippen molar-refractivity contribution >= 4 is 44.3 Å². The predicted octanol–water partition coefficient (Wildman–Crippen LogP) is 4.56. The van der Waals surface area contributed by atoms with Crippen molar-refractivity contribution in [3.8, 4) is 11.1 Å². The molecule has 0 aliphatic heterocycles. The number of aromatic nitrogens is 4. The first-order valence-electron chi connectivity index (χ1n) is 10.5. The Hall–Kier alpha value is -3.11. The number of carboxylic acids is 1. The van der Waals surface area contributed by atoms with Gasteiger partial charge in [0.05, 0.1) is 21.9 Å². The average Bonchev–Trinajstić information content (AvgIpc) is 3.25. The van der Waals surface area contributed by atoms with Crippen molar-refractivity contribution in [3.63, 3.8) is 0 Å². The summed E-state index contributed by atoms with van der Waals surface area (Å²) in [6.07, 6.45) is 5.34. The normalized spacial score (nSPS) is 21.0. The van der Waals surface area contributed by atoms with Crippen molar-refractivity contribution in [1.29, 1.82) is 0 Å². The van der Waals surface area contributed by atoms with Crippen LogP contribution in [0, 0.1) is 5.82 Å². The SMILES string of the molecule is COC1(C(=O)O)CCC(c2nc3c(-c4cnc5ccc(F)cc5c4)cnn3c(N)c2Br)CC1. The van der Waals surface area contributed by atoms with Crippen LogP contribution >= 0.6 is 15.9 Å². The Morgan fingerprint density at radius 1 is 1.30 bits per heavy atom. The van der Waals surface area contributed by atoms with Gasteiger partial charge in [0.1, 0.15) is 11.6 Å². The number of hydrogen-bond donors (Lipinski definition) is 2. The number of nitrogen functional groups attached to an aromatic ring is 1. The number of halogens is 2. The maximum atomic E-state index is 13.7. The molecule has 1 saturated carbocycles. The summed E-state index contributed by atoms with van der Waals surface area (Å²) >= 11 is 3.57. The molecule has 3 N–H and O–H groups in total. The lowest BCUT2D eigenvalue weighted by molar-refractivity contribution is -0.166. The second kappa shape index (κ2) is 8.03. The lowest BCUT2D eigenvalue weighted by atomic mass is 9.77. The average molecular weight is 514 g/mol. The van der Waals surface area contributed by atoms with E-state index in [1.807, 2.05) is 6.07 Å². The number of hydrogen-bond acceptors (Lipinski definition) is 6. The van der Waals surface area contributed by atoms with Gasteiger partial charge in [-0.2, -0.15) is 9.61 Å². The van der Waals surface area contributed by atoms with E-state index in [-0.39, 0.29) is 11.7 Å². The quantitative estimate of drug-likeness (QED) is 0.410. The standard InChI is InChI=1S/C23H21BrFN5O3/c1-33-23(22(31)32)6-4-12(5-7-23)19-18(24)20(26)30-21(29-19)16(11-28-30)14-8-13-9-15(25)2-3-17(13)27-10-14/h2-3,8-12H,4-7,26H2,1H3,(H,31,32). The molecule has 0 bridgehead atoms. The molecule has 1 fully saturated rings. The summed E-state index contributed by atoms with van der Waals surface area (Å²) in [5.74, 6) is -0.854. The third kappa shape index (κ3) is 3.53. The fourth-order valence-corrected chi connectivity index (χ4v) is 5.18. The molecule has 3 heterocycles. The number of anilines is 1. The topological polar surface area (TPSA) is 116 Å². The van der Waals surface area contributed by atoms with Gasteiger partial charge in [-0.1, -0.05) is 0 Å². The molecule has 0 unspecified atom stereocenters. The zero-order chi connectivity index (χ0) is 23.3.